The van der Waals surface area contributed by atoms with Crippen LogP contribution in [0.15, 0.2) is 24.3 Å². The van der Waals surface area contributed by atoms with Crippen molar-refractivity contribution in [3.8, 4) is 5.75 Å². The van der Waals surface area contributed by atoms with Gasteiger partial charge in [-0.15, -0.1) is 0 Å². The van der Waals surface area contributed by atoms with Crippen LogP contribution in [-0.4, -0.2) is 41.8 Å². The molecule has 0 aromatic heterocycles. The minimum absolute atomic E-state index is 0.0371. The molecule has 134 valence electrons. The number of nitrogens with zero attached hydrogens (tertiary/aromatic N) is 1. The van der Waals surface area contributed by atoms with Crippen LogP contribution in [-0.2, 0) is 6.54 Å². The number of carbonyl (C=O) groups excluding carboxylic acids is 1. The molecule has 1 aromatic rings. The molecule has 0 heterocycles. The summed E-state index contributed by atoms with van der Waals surface area (Å²) in [4.78, 5) is 14.1. The van der Waals surface area contributed by atoms with E-state index in [2.05, 4.69) is 5.32 Å². The largest absolute Gasteiger partial charge is 0.491 e. The topological polar surface area (TPSA) is 61.8 Å². The van der Waals surface area contributed by atoms with Crippen LogP contribution in [0.5, 0.6) is 5.75 Å². The molecule has 2 rings (SSSR count). The predicted molar refractivity (Wildman–Crippen MR) is 95.0 cm³/mol. The second kappa shape index (κ2) is 8.92. The number of hydrogen-bond donors (Lipinski definition) is 2. The third kappa shape index (κ3) is 5.41. The first-order valence-electron chi connectivity index (χ1n) is 8.86. The monoisotopic (exact) mass is 334 g/mol. The van der Waals surface area contributed by atoms with Gasteiger partial charge in [0, 0.05) is 26.2 Å². The Labute approximate surface area is 145 Å². The SMILES string of the molecule is CC(C)Oc1ccc(CNC(=O)N(C)C2CCC(CO)CC2)cc1. The Hall–Kier alpha value is -1.75. The molecule has 2 amide bonds. The lowest BCUT2D eigenvalue weighted by Crippen LogP contribution is -2.45. The van der Waals surface area contributed by atoms with Crippen LogP contribution in [0.2, 0.25) is 0 Å². The van der Waals surface area contributed by atoms with Crippen LogP contribution in [0.1, 0.15) is 45.1 Å². The van der Waals surface area contributed by atoms with Gasteiger partial charge < -0.3 is 20.1 Å². The van der Waals surface area contributed by atoms with Crippen LogP contribution in [0.25, 0.3) is 0 Å². The van der Waals surface area contributed by atoms with E-state index >= 15 is 0 Å². The molecular formula is C19H30N2O3. The Bertz CT molecular complexity index is 508. The average molecular weight is 334 g/mol. The molecule has 0 radical (unpaired) electrons. The maximum atomic E-state index is 12.3. The number of benzene rings is 1. The number of urea groups is 1. The van der Waals surface area contributed by atoms with Crippen LogP contribution in [0, 0.1) is 5.92 Å². The van der Waals surface area contributed by atoms with Crippen LogP contribution in [0.3, 0.4) is 0 Å². The van der Waals surface area contributed by atoms with Gasteiger partial charge in [0.25, 0.3) is 0 Å². The molecule has 5 nitrogen and oxygen atoms in total. The molecule has 0 saturated heterocycles. The molecule has 1 aromatic carbocycles. The third-order valence-corrected chi connectivity index (χ3v) is 4.68. The van der Waals surface area contributed by atoms with Gasteiger partial charge in [-0.3, -0.25) is 0 Å². The summed E-state index contributed by atoms with van der Waals surface area (Å²) in [7, 11) is 1.86. The Balaban J connectivity index is 1.78. The summed E-state index contributed by atoms with van der Waals surface area (Å²) in [5.74, 6) is 1.25. The highest BCUT2D eigenvalue weighted by atomic mass is 16.5. The lowest BCUT2D eigenvalue weighted by Gasteiger charge is -2.34. The Kier molecular flexibility index (Phi) is 6.91. The van der Waals surface area contributed by atoms with Crippen molar-refractivity contribution in [1.82, 2.24) is 10.2 Å². The fourth-order valence-corrected chi connectivity index (χ4v) is 3.14. The van der Waals surface area contributed by atoms with Crippen molar-refractivity contribution in [2.45, 2.75) is 58.2 Å². The summed E-state index contributed by atoms with van der Waals surface area (Å²) in [6.45, 7) is 4.77. The summed E-state index contributed by atoms with van der Waals surface area (Å²) >= 11 is 0. The maximum absolute atomic E-state index is 12.3. The van der Waals surface area contributed by atoms with E-state index in [1.165, 1.54) is 0 Å². The molecule has 1 fully saturated rings. The number of rotatable bonds is 6. The van der Waals surface area contributed by atoms with E-state index in [9.17, 15) is 9.90 Å². The van der Waals surface area contributed by atoms with E-state index in [0.717, 1.165) is 37.0 Å². The van der Waals surface area contributed by atoms with E-state index in [1.54, 1.807) is 0 Å². The zero-order valence-corrected chi connectivity index (χ0v) is 15.0. The van der Waals surface area contributed by atoms with Crippen LogP contribution < -0.4 is 10.1 Å². The zero-order valence-electron chi connectivity index (χ0n) is 15.0. The standard InChI is InChI=1S/C19H30N2O3/c1-14(2)24-18-10-6-15(7-11-18)12-20-19(23)21(3)17-8-4-16(13-22)5-9-17/h6-7,10-11,14,16-17,22H,4-5,8-9,12-13H2,1-3H3,(H,20,23). The van der Waals surface area contributed by atoms with Crippen molar-refractivity contribution in [3.63, 3.8) is 0 Å². The van der Waals surface area contributed by atoms with Gasteiger partial charge in [0.05, 0.1) is 6.10 Å². The molecule has 24 heavy (non-hydrogen) atoms. The molecule has 1 aliphatic rings. The van der Waals surface area contributed by atoms with Crippen molar-refractivity contribution >= 4 is 6.03 Å². The highest BCUT2D eigenvalue weighted by Crippen LogP contribution is 2.26. The Morgan fingerprint density at radius 1 is 1.25 bits per heavy atom. The number of ether oxygens (including phenoxy) is 1. The van der Waals surface area contributed by atoms with Crippen molar-refractivity contribution < 1.29 is 14.6 Å². The average Bonchev–Trinajstić information content (AvgIpc) is 2.60. The van der Waals surface area contributed by atoms with Gasteiger partial charge in [0.15, 0.2) is 0 Å². The predicted octanol–water partition coefficient (Wildman–Crippen LogP) is 3.17. The van der Waals surface area contributed by atoms with Crippen molar-refractivity contribution in [1.29, 1.82) is 0 Å². The highest BCUT2D eigenvalue weighted by Gasteiger charge is 2.25. The number of carbonyl (C=O) groups is 1. The van der Waals surface area contributed by atoms with Crippen molar-refractivity contribution in [3.05, 3.63) is 29.8 Å². The molecule has 0 unspecified atom stereocenters. The highest BCUT2D eigenvalue weighted by molar-refractivity contribution is 5.74. The summed E-state index contributed by atoms with van der Waals surface area (Å²) in [6, 6.07) is 8.05. The third-order valence-electron chi connectivity index (χ3n) is 4.68. The molecule has 5 heteroatoms. The van der Waals surface area contributed by atoms with Gasteiger partial charge in [-0.1, -0.05) is 12.1 Å². The smallest absolute Gasteiger partial charge is 0.317 e. The minimum atomic E-state index is -0.0371. The van der Waals surface area contributed by atoms with Crippen molar-refractivity contribution in [2.75, 3.05) is 13.7 Å². The number of amides is 2. The fraction of sp³-hybridized carbons (Fsp3) is 0.632. The fourth-order valence-electron chi connectivity index (χ4n) is 3.14. The molecule has 0 spiro atoms. The maximum Gasteiger partial charge on any atom is 0.317 e. The van der Waals surface area contributed by atoms with Gasteiger partial charge in [-0.05, 0) is 63.1 Å². The molecular weight excluding hydrogens is 304 g/mol. The minimum Gasteiger partial charge on any atom is -0.491 e. The van der Waals surface area contributed by atoms with E-state index in [0.29, 0.717) is 12.5 Å². The van der Waals surface area contributed by atoms with Crippen LogP contribution in [0.4, 0.5) is 4.79 Å². The van der Waals surface area contributed by atoms with Gasteiger partial charge in [-0.2, -0.15) is 0 Å². The lowest BCUT2D eigenvalue weighted by atomic mass is 9.86. The molecule has 1 aliphatic carbocycles. The molecule has 0 aliphatic heterocycles. The molecule has 0 atom stereocenters. The molecule has 0 bridgehead atoms. The number of hydrogen-bond acceptors (Lipinski definition) is 3. The summed E-state index contributed by atoms with van der Waals surface area (Å²) in [5.41, 5.74) is 1.05. The first-order valence-corrected chi connectivity index (χ1v) is 8.86. The molecule has 1 saturated carbocycles. The number of aliphatic hydroxyl groups excluding tert-OH is 1. The van der Waals surface area contributed by atoms with E-state index in [-0.39, 0.29) is 24.8 Å². The van der Waals surface area contributed by atoms with Gasteiger partial charge in [0.1, 0.15) is 5.75 Å². The summed E-state index contributed by atoms with van der Waals surface area (Å²) in [6.07, 6.45) is 4.09. The zero-order chi connectivity index (χ0) is 17.5. The number of aliphatic hydroxyl groups is 1. The second-order valence-corrected chi connectivity index (χ2v) is 6.94. The first-order chi connectivity index (χ1) is 11.5. The summed E-state index contributed by atoms with van der Waals surface area (Å²) < 4.78 is 5.62. The lowest BCUT2D eigenvalue weighted by molar-refractivity contribution is 0.134. The Morgan fingerprint density at radius 2 is 1.88 bits per heavy atom. The second-order valence-electron chi connectivity index (χ2n) is 6.94. The number of nitrogens with one attached hydrogen (secondary N) is 1. The van der Waals surface area contributed by atoms with Crippen LogP contribution >= 0.6 is 0 Å². The van der Waals surface area contributed by atoms with Gasteiger partial charge in [0.2, 0.25) is 0 Å². The van der Waals surface area contributed by atoms with Gasteiger partial charge in [-0.25, -0.2) is 4.79 Å². The van der Waals surface area contributed by atoms with E-state index in [1.807, 2.05) is 50.1 Å². The first kappa shape index (κ1) is 18.6. The van der Waals surface area contributed by atoms with Crippen molar-refractivity contribution in [2.24, 2.45) is 5.92 Å². The Morgan fingerprint density at radius 3 is 2.42 bits per heavy atom. The summed E-state index contributed by atoms with van der Waals surface area (Å²) in [5, 5.41) is 12.2. The quantitative estimate of drug-likeness (QED) is 0.840. The van der Waals surface area contributed by atoms with E-state index in [4.69, 9.17) is 4.74 Å². The van der Waals surface area contributed by atoms with E-state index < -0.39 is 0 Å². The normalized spacial score (nSPS) is 20.7. The molecule has 2 N–H and O–H groups in total. The van der Waals surface area contributed by atoms with Gasteiger partial charge >= 0.3 is 6.03 Å².